The summed E-state index contributed by atoms with van der Waals surface area (Å²) in [5.41, 5.74) is -0.558. The van der Waals surface area contributed by atoms with E-state index >= 15 is 0 Å². The number of fused-ring (bicyclic) bond motifs is 1. The third kappa shape index (κ3) is 6.32. The Kier molecular flexibility index (Phi) is 9.97. The molecule has 0 unspecified atom stereocenters. The van der Waals surface area contributed by atoms with Crippen LogP contribution in [-0.2, 0) is 13.8 Å². The summed E-state index contributed by atoms with van der Waals surface area (Å²) in [6, 6.07) is -0.0568. The number of nitrogens with zero attached hydrogens (tertiary/aromatic N) is 3. The first-order chi connectivity index (χ1) is 12.6. The number of aliphatic hydroxyl groups is 2. The maximum Gasteiger partial charge on any atom is 0.469 e. The zero-order valence-electron chi connectivity index (χ0n) is 16.3. The molecule has 3 heterocycles. The Morgan fingerprint density at radius 1 is 1.31 bits per heavy atom. The fourth-order valence-corrected chi connectivity index (χ4v) is 2.98. The summed E-state index contributed by atoms with van der Waals surface area (Å²) < 4.78 is 27.2. The van der Waals surface area contributed by atoms with Crippen LogP contribution in [0.4, 0.5) is 0 Å². The second-order valence-corrected chi connectivity index (χ2v) is 7.43. The number of hydrogen-bond donors (Lipinski definition) is 5. The number of phosphoric ester groups is 1. The van der Waals surface area contributed by atoms with Crippen LogP contribution in [0, 0.1) is 0 Å². The molecule has 29 heavy (non-hydrogen) atoms. The smallest absolute Gasteiger partial charge is 0.462 e. The number of aromatic amines is 1. The molecular weight excluding hydrogens is 433 g/mol. The molecule has 16 heteroatoms. The molecular formula is C13H19N4Na2O9P. The number of aromatic nitrogens is 4. The van der Waals surface area contributed by atoms with Crippen LogP contribution in [0.25, 0.3) is 11.2 Å². The number of phosphoric acid groups is 1. The van der Waals surface area contributed by atoms with Crippen molar-refractivity contribution in [3.05, 3.63) is 16.7 Å². The van der Waals surface area contributed by atoms with E-state index in [1.54, 1.807) is 13.8 Å². The molecule has 2 radical (unpaired) electrons. The fraction of sp³-hybridized carbons (Fsp3) is 0.615. The van der Waals surface area contributed by atoms with E-state index in [9.17, 15) is 19.6 Å². The average Bonchev–Trinajstić information content (AvgIpc) is 3.07. The minimum absolute atomic E-state index is 0. The Morgan fingerprint density at radius 2 is 1.97 bits per heavy atom. The molecule has 0 spiro atoms. The Bertz CT molecular complexity index is 933. The van der Waals surface area contributed by atoms with Crippen LogP contribution in [0.1, 0.15) is 20.1 Å². The normalized spacial score (nSPS) is 24.4. The number of ether oxygens (including phenoxy) is 2. The van der Waals surface area contributed by atoms with Crippen LogP contribution < -0.4 is 10.3 Å². The van der Waals surface area contributed by atoms with Crippen molar-refractivity contribution in [2.24, 2.45) is 0 Å². The van der Waals surface area contributed by atoms with Crippen molar-refractivity contribution < 1.29 is 38.6 Å². The van der Waals surface area contributed by atoms with Crippen LogP contribution >= 0.6 is 7.82 Å². The number of imidazole rings is 1. The average molecular weight is 452 g/mol. The van der Waals surface area contributed by atoms with Crippen molar-refractivity contribution in [1.29, 1.82) is 0 Å². The topological polar surface area (TPSA) is 189 Å². The van der Waals surface area contributed by atoms with Gasteiger partial charge in [-0.05, 0) is 13.8 Å². The molecule has 1 fully saturated rings. The Morgan fingerprint density at radius 3 is 2.55 bits per heavy atom. The molecule has 0 aromatic carbocycles. The second-order valence-electron chi connectivity index (χ2n) is 6.19. The standard InChI is InChI=1S/C13H19N4O9P.2Na/c1-5(2)25-13-15-10-7(11(20)16-13)14-4-17(10)12-9(19)8(18)6(26-12)3-24-27(21,22)23;;/h4-6,8-9,12,18-19H,3H2,1-2H3,(H,15,16,20)(H2,21,22,23);;/t6-,8-,9-,12-;;/m1../s1. The number of rotatable bonds is 6. The maximum absolute atomic E-state index is 12.1. The predicted octanol–water partition coefficient (Wildman–Crippen LogP) is -2.13. The first-order valence-electron chi connectivity index (χ1n) is 7.92. The van der Waals surface area contributed by atoms with Gasteiger partial charge >= 0.3 is 7.82 Å². The molecule has 1 saturated heterocycles. The van der Waals surface area contributed by atoms with Crippen LogP contribution in [0.3, 0.4) is 0 Å². The van der Waals surface area contributed by atoms with E-state index < -0.39 is 44.5 Å². The van der Waals surface area contributed by atoms with Crippen LogP contribution in [0.5, 0.6) is 6.01 Å². The minimum atomic E-state index is -4.78. The first kappa shape index (κ1) is 27.2. The molecule has 0 bridgehead atoms. The number of H-pyrrole nitrogens is 1. The van der Waals surface area contributed by atoms with E-state index in [4.69, 9.17) is 19.3 Å². The molecule has 1 aliphatic rings. The number of nitrogens with one attached hydrogen (secondary N) is 1. The Labute approximate surface area is 208 Å². The van der Waals surface area contributed by atoms with E-state index in [1.807, 2.05) is 0 Å². The van der Waals surface area contributed by atoms with Crippen molar-refractivity contribution >= 4 is 78.1 Å². The molecule has 4 atom stereocenters. The second kappa shape index (κ2) is 10.6. The Balaban J connectivity index is 0.00000210. The van der Waals surface area contributed by atoms with Crippen molar-refractivity contribution in [3.63, 3.8) is 0 Å². The molecule has 0 amide bonds. The SMILES string of the molecule is CC(C)Oc1nc2c(ncn2[C@@H]2O[C@H](COP(=O)(O)O)[C@@H](O)[C@H]2O)c(=O)[nH]1.[Na].[Na]. The summed E-state index contributed by atoms with van der Waals surface area (Å²) in [7, 11) is -4.78. The zero-order chi connectivity index (χ0) is 19.9. The third-order valence-corrected chi connectivity index (χ3v) is 4.26. The summed E-state index contributed by atoms with van der Waals surface area (Å²) in [4.78, 5) is 40.2. The third-order valence-electron chi connectivity index (χ3n) is 3.78. The molecule has 0 aliphatic carbocycles. The van der Waals surface area contributed by atoms with Gasteiger partial charge in [0.2, 0.25) is 0 Å². The molecule has 152 valence electrons. The van der Waals surface area contributed by atoms with Gasteiger partial charge in [0, 0.05) is 59.1 Å². The van der Waals surface area contributed by atoms with Crippen LogP contribution in [-0.4, -0.2) is 130 Å². The summed E-state index contributed by atoms with van der Waals surface area (Å²) >= 11 is 0. The van der Waals surface area contributed by atoms with E-state index in [0.717, 1.165) is 0 Å². The van der Waals surface area contributed by atoms with E-state index in [0.29, 0.717) is 0 Å². The zero-order valence-corrected chi connectivity index (χ0v) is 21.2. The van der Waals surface area contributed by atoms with Gasteiger partial charge in [-0.3, -0.25) is 18.9 Å². The fourth-order valence-electron chi connectivity index (χ4n) is 2.64. The molecule has 2 aromatic heterocycles. The number of aliphatic hydroxyl groups excluding tert-OH is 2. The maximum atomic E-state index is 12.1. The van der Waals surface area contributed by atoms with Gasteiger partial charge in [-0.15, -0.1) is 0 Å². The van der Waals surface area contributed by atoms with Gasteiger partial charge in [0.05, 0.1) is 19.0 Å². The molecule has 13 nitrogen and oxygen atoms in total. The Hall–Kier alpha value is 0.140. The number of hydrogen-bond acceptors (Lipinski definition) is 9. The monoisotopic (exact) mass is 452 g/mol. The largest absolute Gasteiger partial charge is 0.469 e. The molecule has 2 aromatic rings. The van der Waals surface area contributed by atoms with Gasteiger partial charge in [0.15, 0.2) is 17.4 Å². The van der Waals surface area contributed by atoms with Gasteiger partial charge in [0.1, 0.15) is 18.3 Å². The first-order valence-corrected chi connectivity index (χ1v) is 9.45. The van der Waals surface area contributed by atoms with Gasteiger partial charge in [-0.2, -0.15) is 4.98 Å². The van der Waals surface area contributed by atoms with Crippen molar-refractivity contribution in [3.8, 4) is 6.01 Å². The van der Waals surface area contributed by atoms with Crippen molar-refractivity contribution in [1.82, 2.24) is 19.5 Å². The predicted molar refractivity (Wildman–Crippen MR) is 99.3 cm³/mol. The van der Waals surface area contributed by atoms with Gasteiger partial charge < -0.3 is 29.5 Å². The van der Waals surface area contributed by atoms with E-state index in [2.05, 4.69) is 19.5 Å². The van der Waals surface area contributed by atoms with Crippen molar-refractivity contribution in [2.75, 3.05) is 6.61 Å². The van der Waals surface area contributed by atoms with E-state index in [1.165, 1.54) is 10.9 Å². The minimum Gasteiger partial charge on any atom is -0.462 e. The molecule has 3 rings (SSSR count). The van der Waals surface area contributed by atoms with Crippen molar-refractivity contribution in [2.45, 2.75) is 44.5 Å². The summed E-state index contributed by atoms with van der Waals surface area (Å²) in [5.74, 6) is 0. The van der Waals surface area contributed by atoms with E-state index in [-0.39, 0.29) is 82.4 Å². The summed E-state index contributed by atoms with van der Waals surface area (Å²) in [6.07, 6.45) is -4.47. The summed E-state index contributed by atoms with van der Waals surface area (Å²) in [5, 5.41) is 20.3. The van der Waals surface area contributed by atoms with Gasteiger partial charge in [-0.25, -0.2) is 9.55 Å². The molecule has 5 N–H and O–H groups in total. The van der Waals surface area contributed by atoms with Gasteiger partial charge in [0.25, 0.3) is 11.6 Å². The van der Waals surface area contributed by atoms with Gasteiger partial charge in [-0.1, -0.05) is 0 Å². The molecule has 0 saturated carbocycles. The van der Waals surface area contributed by atoms with Crippen LogP contribution in [0.15, 0.2) is 11.1 Å². The summed E-state index contributed by atoms with van der Waals surface area (Å²) in [6.45, 7) is 2.84. The molecule has 1 aliphatic heterocycles. The quantitative estimate of drug-likeness (QED) is 0.238. The van der Waals surface area contributed by atoms with Crippen LogP contribution in [0.2, 0.25) is 0 Å².